The van der Waals surface area contributed by atoms with Crippen LogP contribution < -0.4 is 4.90 Å². The second-order valence-corrected chi connectivity index (χ2v) is 10.9. The van der Waals surface area contributed by atoms with E-state index in [0.717, 1.165) is 16.9 Å². The van der Waals surface area contributed by atoms with Crippen LogP contribution in [0.15, 0.2) is 164 Å². The van der Waals surface area contributed by atoms with E-state index in [9.17, 15) is 0 Å². The summed E-state index contributed by atoms with van der Waals surface area (Å²) in [5.74, 6) is 0. The van der Waals surface area contributed by atoms with E-state index in [2.05, 4.69) is 169 Å². The van der Waals surface area contributed by atoms with Crippen LogP contribution in [0.3, 0.4) is 0 Å². The molecule has 0 atom stereocenters. The van der Waals surface area contributed by atoms with E-state index in [1.807, 2.05) is 6.08 Å². The van der Waals surface area contributed by atoms with Crippen molar-refractivity contribution in [2.24, 2.45) is 0 Å². The van der Waals surface area contributed by atoms with Gasteiger partial charge in [-0.05, 0) is 61.8 Å². The first-order valence-electron chi connectivity index (χ1n) is 14.7. The molecule has 0 aliphatic carbocycles. The number of hydrogen-bond acceptors (Lipinski definition) is 1. The van der Waals surface area contributed by atoms with Gasteiger partial charge in [0.05, 0.1) is 11.4 Å². The number of benzene rings is 8. The third kappa shape index (κ3) is 4.01. The fraction of sp³-hybridized carbons (Fsp3) is 0. The van der Waals surface area contributed by atoms with Crippen molar-refractivity contribution in [3.63, 3.8) is 0 Å². The number of para-hydroxylation sites is 1. The summed E-state index contributed by atoms with van der Waals surface area (Å²) in [4.78, 5) is 2.45. The van der Waals surface area contributed by atoms with Gasteiger partial charge in [0.15, 0.2) is 0 Å². The zero-order chi connectivity index (χ0) is 28.8. The first kappa shape index (κ1) is 25.1. The topological polar surface area (TPSA) is 3.24 Å². The lowest BCUT2D eigenvalue weighted by molar-refractivity contribution is 1.32. The highest BCUT2D eigenvalue weighted by Gasteiger charge is 2.23. The van der Waals surface area contributed by atoms with Crippen LogP contribution in [0, 0.1) is 0 Å². The Morgan fingerprint density at radius 2 is 0.953 bits per heavy atom. The summed E-state index contributed by atoms with van der Waals surface area (Å²) in [7, 11) is 0. The molecular weight excluding hydrogens is 518 g/mol. The van der Waals surface area contributed by atoms with E-state index in [-0.39, 0.29) is 0 Å². The van der Waals surface area contributed by atoms with Gasteiger partial charge in [-0.15, -0.1) is 0 Å². The molecule has 0 N–H and O–H groups in total. The molecule has 0 aliphatic heterocycles. The highest BCUT2D eigenvalue weighted by Crippen LogP contribution is 2.50. The molecule has 0 bridgehead atoms. The molecule has 0 amide bonds. The highest BCUT2D eigenvalue weighted by atomic mass is 15.1. The van der Waals surface area contributed by atoms with Gasteiger partial charge >= 0.3 is 0 Å². The third-order valence-corrected chi connectivity index (χ3v) is 8.60. The molecule has 8 rings (SSSR count). The molecule has 8 aromatic rings. The number of fused-ring (bicyclic) bond motifs is 4. The van der Waals surface area contributed by atoms with Crippen LogP contribution in [-0.2, 0) is 0 Å². The van der Waals surface area contributed by atoms with Crippen molar-refractivity contribution >= 4 is 66.2 Å². The Morgan fingerprint density at radius 1 is 0.419 bits per heavy atom. The second kappa shape index (κ2) is 10.3. The summed E-state index contributed by atoms with van der Waals surface area (Å²) in [5, 5.41) is 9.79. The van der Waals surface area contributed by atoms with Crippen molar-refractivity contribution in [2.45, 2.75) is 0 Å². The quantitative estimate of drug-likeness (QED) is 0.194. The van der Waals surface area contributed by atoms with Gasteiger partial charge in [-0.3, -0.25) is 0 Å². The molecule has 0 saturated carbocycles. The molecule has 0 unspecified atom stereocenters. The van der Waals surface area contributed by atoms with E-state index < -0.39 is 0 Å². The summed E-state index contributed by atoms with van der Waals surface area (Å²) in [6.45, 7) is 4.10. The molecule has 0 aliphatic rings. The molecule has 202 valence electrons. The van der Waals surface area contributed by atoms with Crippen molar-refractivity contribution < 1.29 is 0 Å². The van der Waals surface area contributed by atoms with E-state index in [1.165, 1.54) is 59.9 Å². The SMILES string of the molecule is C=Cc1ccc(N(c2ccccc2)c2c3ccccc3c(-c3cccc4ccccc34)c3ccccc23)c2ccccc12. The first-order chi connectivity index (χ1) is 21.3. The normalized spacial score (nSPS) is 11.3. The molecule has 0 spiro atoms. The maximum absolute atomic E-state index is 4.10. The lowest BCUT2D eigenvalue weighted by Gasteiger charge is -2.30. The standard InChI is InChI=1S/C42H29N/c1-2-29-27-28-40(34-21-9-8-19-32(29)34)43(31-17-4-3-5-18-31)42-38-24-12-10-22-36(38)41(37-23-11-13-25-39(37)42)35-26-14-16-30-15-6-7-20-33(30)35/h2-28H,1H2. The molecule has 0 heterocycles. The smallest absolute Gasteiger partial charge is 0.0619 e. The Morgan fingerprint density at radius 3 is 1.63 bits per heavy atom. The number of rotatable bonds is 5. The molecule has 8 aromatic carbocycles. The molecule has 0 saturated heterocycles. The van der Waals surface area contributed by atoms with Crippen molar-refractivity contribution in [3.8, 4) is 11.1 Å². The van der Waals surface area contributed by atoms with Gasteiger partial charge in [-0.25, -0.2) is 0 Å². The van der Waals surface area contributed by atoms with Crippen molar-refractivity contribution in [3.05, 3.63) is 170 Å². The Balaban J connectivity index is 1.55. The minimum Gasteiger partial charge on any atom is -0.309 e. The van der Waals surface area contributed by atoms with Gasteiger partial charge in [0.2, 0.25) is 0 Å². The lowest BCUT2D eigenvalue weighted by Crippen LogP contribution is -2.12. The zero-order valence-corrected chi connectivity index (χ0v) is 23.7. The minimum absolute atomic E-state index is 1.12. The maximum atomic E-state index is 4.10. The fourth-order valence-electron chi connectivity index (χ4n) is 6.73. The summed E-state index contributed by atoms with van der Waals surface area (Å²) in [6.07, 6.45) is 1.95. The first-order valence-corrected chi connectivity index (χ1v) is 14.7. The number of nitrogens with zero attached hydrogens (tertiary/aromatic N) is 1. The van der Waals surface area contributed by atoms with Crippen LogP contribution in [0.4, 0.5) is 17.1 Å². The molecule has 0 aromatic heterocycles. The number of hydrogen-bond donors (Lipinski definition) is 0. The monoisotopic (exact) mass is 547 g/mol. The van der Waals surface area contributed by atoms with E-state index in [0.29, 0.717) is 0 Å². The summed E-state index contributed by atoms with van der Waals surface area (Å²) < 4.78 is 0. The Labute approximate surface area is 251 Å². The van der Waals surface area contributed by atoms with Gasteiger partial charge in [-0.2, -0.15) is 0 Å². The van der Waals surface area contributed by atoms with Crippen LogP contribution >= 0.6 is 0 Å². The highest BCUT2D eigenvalue weighted by molar-refractivity contribution is 6.25. The van der Waals surface area contributed by atoms with E-state index in [4.69, 9.17) is 0 Å². The molecule has 0 fully saturated rings. The van der Waals surface area contributed by atoms with Gasteiger partial charge in [0.1, 0.15) is 0 Å². The Bertz CT molecular complexity index is 2250. The average molecular weight is 548 g/mol. The predicted octanol–water partition coefficient (Wildman–Crippen LogP) is 12.1. The summed E-state index contributed by atoms with van der Waals surface area (Å²) in [5.41, 5.74) is 7.09. The largest absolute Gasteiger partial charge is 0.309 e. The fourth-order valence-corrected chi connectivity index (χ4v) is 6.73. The van der Waals surface area contributed by atoms with Crippen LogP contribution in [0.5, 0.6) is 0 Å². The molecule has 1 nitrogen and oxygen atoms in total. The van der Waals surface area contributed by atoms with Crippen LogP contribution in [0.25, 0.3) is 60.3 Å². The third-order valence-electron chi connectivity index (χ3n) is 8.60. The van der Waals surface area contributed by atoms with Crippen molar-refractivity contribution in [1.29, 1.82) is 0 Å². The van der Waals surface area contributed by atoms with Crippen molar-refractivity contribution in [1.82, 2.24) is 0 Å². The average Bonchev–Trinajstić information content (AvgIpc) is 3.08. The Kier molecular flexibility index (Phi) is 6.02. The van der Waals surface area contributed by atoms with E-state index in [1.54, 1.807) is 0 Å². The number of anilines is 3. The van der Waals surface area contributed by atoms with Crippen LogP contribution in [-0.4, -0.2) is 0 Å². The lowest BCUT2D eigenvalue weighted by atomic mass is 9.87. The maximum Gasteiger partial charge on any atom is 0.0619 e. The van der Waals surface area contributed by atoms with Crippen molar-refractivity contribution in [2.75, 3.05) is 4.90 Å². The van der Waals surface area contributed by atoms with Gasteiger partial charge in [-0.1, -0.05) is 152 Å². The summed E-state index contributed by atoms with van der Waals surface area (Å²) >= 11 is 0. The van der Waals surface area contributed by atoms with Gasteiger partial charge in [0.25, 0.3) is 0 Å². The van der Waals surface area contributed by atoms with Crippen LogP contribution in [0.2, 0.25) is 0 Å². The zero-order valence-electron chi connectivity index (χ0n) is 23.7. The molecule has 43 heavy (non-hydrogen) atoms. The summed E-state index contributed by atoms with van der Waals surface area (Å²) in [6, 6.07) is 57.0. The Hall–Kier alpha value is -5.66. The van der Waals surface area contributed by atoms with Gasteiger partial charge < -0.3 is 4.90 Å². The molecular formula is C42H29N. The predicted molar refractivity (Wildman–Crippen MR) is 187 cm³/mol. The van der Waals surface area contributed by atoms with Crippen LogP contribution in [0.1, 0.15) is 5.56 Å². The van der Waals surface area contributed by atoms with E-state index >= 15 is 0 Å². The molecule has 0 radical (unpaired) electrons. The van der Waals surface area contributed by atoms with Gasteiger partial charge in [0, 0.05) is 21.8 Å². The molecule has 1 heteroatoms. The second-order valence-electron chi connectivity index (χ2n) is 10.9. The minimum atomic E-state index is 1.12.